The highest BCUT2D eigenvalue weighted by Crippen LogP contribution is 2.33. The van der Waals surface area contributed by atoms with Crippen molar-refractivity contribution >= 4 is 11.8 Å². The van der Waals surface area contributed by atoms with Crippen molar-refractivity contribution in [2.75, 3.05) is 7.11 Å². The van der Waals surface area contributed by atoms with Crippen molar-refractivity contribution in [2.45, 2.75) is 25.7 Å². The molecule has 0 N–H and O–H groups in total. The van der Waals surface area contributed by atoms with Gasteiger partial charge < -0.3 is 4.74 Å². The van der Waals surface area contributed by atoms with Crippen molar-refractivity contribution in [3.63, 3.8) is 0 Å². The average Bonchev–Trinajstić information content (AvgIpc) is 2.93. The minimum atomic E-state index is -0.625. The maximum Gasteiger partial charge on any atom is 0.316 e. The summed E-state index contributed by atoms with van der Waals surface area (Å²) in [5.74, 6) is -0.977. The maximum atomic E-state index is 12.4. The summed E-state index contributed by atoms with van der Waals surface area (Å²) in [6.45, 7) is 0. The van der Waals surface area contributed by atoms with Crippen LogP contribution in [0.5, 0.6) is 0 Å². The molecule has 1 saturated carbocycles. The topological polar surface area (TPSA) is 43.4 Å². The van der Waals surface area contributed by atoms with Crippen LogP contribution in [0, 0.1) is 11.8 Å². The molecule has 1 aliphatic rings. The van der Waals surface area contributed by atoms with E-state index in [-0.39, 0.29) is 11.7 Å². The van der Waals surface area contributed by atoms with Crippen LogP contribution in [0.15, 0.2) is 30.3 Å². The monoisotopic (exact) mass is 246 g/mol. The molecule has 1 atom stereocenters. The summed E-state index contributed by atoms with van der Waals surface area (Å²) in [4.78, 5) is 24.3. The van der Waals surface area contributed by atoms with Crippen LogP contribution < -0.4 is 0 Å². The molecule has 3 nitrogen and oxygen atoms in total. The van der Waals surface area contributed by atoms with Gasteiger partial charge in [-0.2, -0.15) is 0 Å². The zero-order chi connectivity index (χ0) is 13.0. The SMILES string of the molecule is COC(=O)C(C(=O)c1ccccc1)C1CCCC1. The fourth-order valence-electron chi connectivity index (χ4n) is 2.71. The van der Waals surface area contributed by atoms with Gasteiger partial charge in [-0.3, -0.25) is 9.59 Å². The van der Waals surface area contributed by atoms with E-state index in [9.17, 15) is 9.59 Å². The second kappa shape index (κ2) is 5.80. The lowest BCUT2D eigenvalue weighted by atomic mass is 9.84. The van der Waals surface area contributed by atoms with Gasteiger partial charge in [0.2, 0.25) is 0 Å². The van der Waals surface area contributed by atoms with Gasteiger partial charge in [0.25, 0.3) is 0 Å². The standard InChI is InChI=1S/C15H18O3/c1-18-15(17)13(11-7-5-6-8-11)14(16)12-9-3-2-4-10-12/h2-4,9-11,13H,5-8H2,1H3. The lowest BCUT2D eigenvalue weighted by Crippen LogP contribution is -2.31. The van der Waals surface area contributed by atoms with Gasteiger partial charge in [-0.05, 0) is 18.8 Å². The van der Waals surface area contributed by atoms with Gasteiger partial charge in [0, 0.05) is 5.56 Å². The molecule has 1 aromatic rings. The van der Waals surface area contributed by atoms with Crippen molar-refractivity contribution in [1.82, 2.24) is 0 Å². The van der Waals surface area contributed by atoms with Crippen LogP contribution >= 0.6 is 0 Å². The number of methoxy groups -OCH3 is 1. The summed E-state index contributed by atoms with van der Waals surface area (Å²) < 4.78 is 4.81. The molecule has 0 heterocycles. The van der Waals surface area contributed by atoms with Crippen molar-refractivity contribution in [2.24, 2.45) is 11.8 Å². The minimum absolute atomic E-state index is 0.102. The molecule has 0 aromatic heterocycles. The molecule has 1 unspecified atom stereocenters. The number of ether oxygens (including phenoxy) is 1. The van der Waals surface area contributed by atoms with E-state index in [2.05, 4.69) is 0 Å². The van der Waals surface area contributed by atoms with E-state index >= 15 is 0 Å². The number of esters is 1. The van der Waals surface area contributed by atoms with Gasteiger partial charge in [-0.1, -0.05) is 43.2 Å². The molecule has 0 radical (unpaired) electrons. The Morgan fingerprint density at radius 3 is 2.33 bits per heavy atom. The van der Waals surface area contributed by atoms with Gasteiger partial charge in [0.05, 0.1) is 7.11 Å². The summed E-state index contributed by atoms with van der Waals surface area (Å²) in [5.41, 5.74) is 0.597. The van der Waals surface area contributed by atoms with E-state index in [1.54, 1.807) is 12.1 Å². The molecule has 1 aromatic carbocycles. The van der Waals surface area contributed by atoms with E-state index in [0.717, 1.165) is 25.7 Å². The Hall–Kier alpha value is -1.64. The molecule has 0 saturated heterocycles. The lowest BCUT2D eigenvalue weighted by Gasteiger charge is -2.19. The summed E-state index contributed by atoms with van der Waals surface area (Å²) in [6, 6.07) is 9.01. The molecular formula is C15H18O3. The van der Waals surface area contributed by atoms with Crippen molar-refractivity contribution in [1.29, 1.82) is 0 Å². The first kappa shape index (κ1) is 12.8. The van der Waals surface area contributed by atoms with Crippen LogP contribution in [0.2, 0.25) is 0 Å². The van der Waals surface area contributed by atoms with Crippen LogP contribution in [0.25, 0.3) is 0 Å². The van der Waals surface area contributed by atoms with E-state index in [1.807, 2.05) is 18.2 Å². The number of benzene rings is 1. The van der Waals surface area contributed by atoms with Crippen molar-refractivity contribution in [3.05, 3.63) is 35.9 Å². The number of ketones is 1. The summed E-state index contributed by atoms with van der Waals surface area (Å²) in [7, 11) is 1.35. The van der Waals surface area contributed by atoms with Crippen LogP contribution in [-0.4, -0.2) is 18.9 Å². The third kappa shape index (κ3) is 2.61. The number of hydrogen-bond acceptors (Lipinski definition) is 3. The fourth-order valence-corrected chi connectivity index (χ4v) is 2.71. The van der Waals surface area contributed by atoms with Crippen LogP contribution in [0.3, 0.4) is 0 Å². The third-order valence-electron chi connectivity index (χ3n) is 3.67. The molecule has 2 rings (SSSR count). The molecule has 0 aliphatic heterocycles. The largest absolute Gasteiger partial charge is 0.468 e. The fraction of sp³-hybridized carbons (Fsp3) is 0.467. The number of carbonyl (C=O) groups is 2. The zero-order valence-corrected chi connectivity index (χ0v) is 10.6. The molecular weight excluding hydrogens is 228 g/mol. The Kier molecular flexibility index (Phi) is 4.13. The molecule has 0 bridgehead atoms. The van der Waals surface area contributed by atoms with Crippen molar-refractivity contribution < 1.29 is 14.3 Å². The van der Waals surface area contributed by atoms with Gasteiger partial charge in [-0.25, -0.2) is 0 Å². The number of rotatable bonds is 4. The molecule has 96 valence electrons. The molecule has 18 heavy (non-hydrogen) atoms. The first-order chi connectivity index (χ1) is 8.74. The number of carbonyl (C=O) groups excluding carboxylic acids is 2. The van der Waals surface area contributed by atoms with Crippen molar-refractivity contribution in [3.8, 4) is 0 Å². The lowest BCUT2D eigenvalue weighted by molar-refractivity contribution is -0.145. The first-order valence-electron chi connectivity index (χ1n) is 6.41. The summed E-state index contributed by atoms with van der Waals surface area (Å²) >= 11 is 0. The second-order valence-electron chi connectivity index (χ2n) is 4.78. The Morgan fingerprint density at radius 2 is 1.78 bits per heavy atom. The molecule has 0 spiro atoms. The highest BCUT2D eigenvalue weighted by molar-refractivity contribution is 6.08. The summed E-state index contributed by atoms with van der Waals surface area (Å²) in [6.07, 6.45) is 4.08. The van der Waals surface area contributed by atoms with E-state index < -0.39 is 11.9 Å². The normalized spacial score (nSPS) is 17.4. The molecule has 3 heteroatoms. The quantitative estimate of drug-likeness (QED) is 0.466. The molecule has 0 amide bonds. The Bertz CT molecular complexity index is 419. The first-order valence-corrected chi connectivity index (χ1v) is 6.41. The van der Waals surface area contributed by atoms with Crippen LogP contribution in [-0.2, 0) is 9.53 Å². The second-order valence-corrected chi connectivity index (χ2v) is 4.78. The Balaban J connectivity index is 2.23. The number of Topliss-reactive ketones (excluding diaryl/α,β-unsaturated/α-hetero) is 1. The number of hydrogen-bond donors (Lipinski definition) is 0. The van der Waals surface area contributed by atoms with E-state index in [1.165, 1.54) is 7.11 Å². The van der Waals surface area contributed by atoms with E-state index in [0.29, 0.717) is 5.56 Å². The van der Waals surface area contributed by atoms with Crippen LogP contribution in [0.4, 0.5) is 0 Å². The van der Waals surface area contributed by atoms with Gasteiger partial charge in [0.15, 0.2) is 5.78 Å². The van der Waals surface area contributed by atoms with Gasteiger partial charge in [-0.15, -0.1) is 0 Å². The maximum absolute atomic E-state index is 12.4. The predicted octanol–water partition coefficient (Wildman–Crippen LogP) is 2.85. The van der Waals surface area contributed by atoms with Gasteiger partial charge >= 0.3 is 5.97 Å². The minimum Gasteiger partial charge on any atom is -0.468 e. The highest BCUT2D eigenvalue weighted by atomic mass is 16.5. The third-order valence-corrected chi connectivity index (χ3v) is 3.67. The highest BCUT2D eigenvalue weighted by Gasteiger charge is 2.37. The predicted molar refractivity (Wildman–Crippen MR) is 68.2 cm³/mol. The van der Waals surface area contributed by atoms with E-state index in [4.69, 9.17) is 4.74 Å². The zero-order valence-electron chi connectivity index (χ0n) is 10.6. The van der Waals surface area contributed by atoms with Crippen LogP contribution in [0.1, 0.15) is 36.0 Å². The van der Waals surface area contributed by atoms with Gasteiger partial charge in [0.1, 0.15) is 5.92 Å². The average molecular weight is 246 g/mol. The summed E-state index contributed by atoms with van der Waals surface area (Å²) in [5, 5.41) is 0. The molecule has 1 fully saturated rings. The smallest absolute Gasteiger partial charge is 0.316 e. The Labute approximate surface area is 107 Å². The Morgan fingerprint density at radius 1 is 1.17 bits per heavy atom. The molecule has 1 aliphatic carbocycles.